The summed E-state index contributed by atoms with van der Waals surface area (Å²) < 4.78 is 5.02. The fraction of sp³-hybridized carbons (Fsp3) is 0.118. The number of rotatable bonds is 5. The molecule has 0 aliphatic heterocycles. The van der Waals surface area contributed by atoms with Crippen LogP contribution in [-0.2, 0) is 4.74 Å². The third kappa shape index (κ3) is 4.11. The van der Waals surface area contributed by atoms with Crippen molar-refractivity contribution in [3.8, 4) is 6.07 Å². The van der Waals surface area contributed by atoms with Gasteiger partial charge in [0.2, 0.25) is 0 Å². The standard InChI is InChI=1S/C17H13NO4S/c1-2-22-17(21)14-9-11(10-18)3-8-15(14)23-13-6-4-12(5-7-13)16(19)20/h3-9H,2H2,1H3,(H,19,20). The predicted octanol–water partition coefficient (Wildman–Crippen LogP) is 3.58. The summed E-state index contributed by atoms with van der Waals surface area (Å²) in [5.74, 6) is -1.48. The van der Waals surface area contributed by atoms with Crippen LogP contribution in [0, 0.1) is 11.3 Å². The minimum absolute atomic E-state index is 0.194. The highest BCUT2D eigenvalue weighted by Gasteiger charge is 2.15. The molecular weight excluding hydrogens is 314 g/mol. The summed E-state index contributed by atoms with van der Waals surface area (Å²) in [5.41, 5.74) is 0.886. The number of benzene rings is 2. The number of hydrogen-bond donors (Lipinski definition) is 1. The van der Waals surface area contributed by atoms with Crippen LogP contribution in [0.5, 0.6) is 0 Å². The summed E-state index contributed by atoms with van der Waals surface area (Å²) in [6.07, 6.45) is 0. The zero-order chi connectivity index (χ0) is 16.8. The fourth-order valence-corrected chi connectivity index (χ4v) is 2.76. The van der Waals surface area contributed by atoms with Crippen molar-refractivity contribution in [3.05, 3.63) is 59.2 Å². The molecule has 0 heterocycles. The number of carbonyl (C=O) groups is 2. The van der Waals surface area contributed by atoms with E-state index in [1.807, 2.05) is 6.07 Å². The number of carboxylic acids is 1. The van der Waals surface area contributed by atoms with Crippen molar-refractivity contribution in [2.45, 2.75) is 16.7 Å². The smallest absolute Gasteiger partial charge is 0.339 e. The Morgan fingerprint density at radius 2 is 1.91 bits per heavy atom. The number of esters is 1. The number of carbonyl (C=O) groups excluding carboxylic acids is 1. The van der Waals surface area contributed by atoms with Crippen LogP contribution < -0.4 is 0 Å². The molecule has 0 aromatic heterocycles. The van der Waals surface area contributed by atoms with Crippen LogP contribution >= 0.6 is 11.8 Å². The maximum absolute atomic E-state index is 12.0. The van der Waals surface area contributed by atoms with E-state index in [0.29, 0.717) is 16.0 Å². The van der Waals surface area contributed by atoms with Gasteiger partial charge in [0.05, 0.1) is 29.4 Å². The first kappa shape index (κ1) is 16.6. The Morgan fingerprint density at radius 3 is 2.48 bits per heavy atom. The summed E-state index contributed by atoms with van der Waals surface area (Å²) in [6.45, 7) is 1.95. The SMILES string of the molecule is CCOC(=O)c1cc(C#N)ccc1Sc1ccc(C(=O)O)cc1. The number of nitrogens with zero attached hydrogens (tertiary/aromatic N) is 1. The molecule has 0 spiro atoms. The van der Waals surface area contributed by atoms with E-state index in [9.17, 15) is 9.59 Å². The maximum Gasteiger partial charge on any atom is 0.339 e. The fourth-order valence-electron chi connectivity index (χ4n) is 1.85. The van der Waals surface area contributed by atoms with Gasteiger partial charge < -0.3 is 9.84 Å². The Hall–Kier alpha value is -2.78. The molecule has 0 saturated carbocycles. The first-order valence-corrected chi connectivity index (χ1v) is 7.59. The van der Waals surface area contributed by atoms with Crippen molar-refractivity contribution in [1.82, 2.24) is 0 Å². The summed E-state index contributed by atoms with van der Waals surface area (Å²) in [7, 11) is 0. The number of ether oxygens (including phenoxy) is 1. The topological polar surface area (TPSA) is 87.4 Å². The van der Waals surface area contributed by atoms with Crippen LogP contribution in [-0.4, -0.2) is 23.7 Å². The van der Waals surface area contributed by atoms with E-state index in [-0.39, 0.29) is 12.2 Å². The molecular formula is C17H13NO4S. The van der Waals surface area contributed by atoms with Crippen molar-refractivity contribution >= 4 is 23.7 Å². The molecule has 116 valence electrons. The molecule has 0 aliphatic rings. The number of carboxylic acid groups (broad SMARTS) is 1. The second-order valence-electron chi connectivity index (χ2n) is 4.47. The van der Waals surface area contributed by atoms with Gasteiger partial charge in [-0.1, -0.05) is 11.8 Å². The number of aromatic carboxylic acids is 1. The Morgan fingerprint density at radius 1 is 1.22 bits per heavy atom. The van der Waals surface area contributed by atoms with Crippen molar-refractivity contribution in [1.29, 1.82) is 5.26 Å². The van der Waals surface area contributed by atoms with Gasteiger partial charge in [-0.25, -0.2) is 9.59 Å². The Kier molecular flexibility index (Phi) is 5.39. The molecule has 2 aromatic rings. The van der Waals surface area contributed by atoms with E-state index in [2.05, 4.69) is 0 Å². The maximum atomic E-state index is 12.0. The van der Waals surface area contributed by atoms with Gasteiger partial charge >= 0.3 is 11.9 Å². The normalized spacial score (nSPS) is 9.91. The van der Waals surface area contributed by atoms with E-state index in [0.717, 1.165) is 4.90 Å². The van der Waals surface area contributed by atoms with Crippen LogP contribution in [0.25, 0.3) is 0 Å². The largest absolute Gasteiger partial charge is 0.478 e. The zero-order valence-corrected chi connectivity index (χ0v) is 13.1. The van der Waals surface area contributed by atoms with Gasteiger partial charge in [-0.3, -0.25) is 0 Å². The monoisotopic (exact) mass is 327 g/mol. The van der Waals surface area contributed by atoms with E-state index in [1.54, 1.807) is 31.2 Å². The summed E-state index contributed by atoms with van der Waals surface area (Å²) in [6, 6.07) is 13.1. The minimum atomic E-state index is -0.993. The molecule has 0 bridgehead atoms. The average molecular weight is 327 g/mol. The number of hydrogen-bond acceptors (Lipinski definition) is 5. The molecule has 0 atom stereocenters. The van der Waals surface area contributed by atoms with Crippen molar-refractivity contribution in [2.75, 3.05) is 6.61 Å². The van der Waals surface area contributed by atoms with Gasteiger partial charge in [0.15, 0.2) is 0 Å². The second-order valence-corrected chi connectivity index (χ2v) is 5.59. The molecule has 0 radical (unpaired) electrons. The lowest BCUT2D eigenvalue weighted by molar-refractivity contribution is 0.0521. The van der Waals surface area contributed by atoms with Gasteiger partial charge in [0.25, 0.3) is 0 Å². The van der Waals surface area contributed by atoms with Crippen LogP contribution in [0.4, 0.5) is 0 Å². The highest BCUT2D eigenvalue weighted by Crippen LogP contribution is 2.31. The first-order chi connectivity index (χ1) is 11.0. The van der Waals surface area contributed by atoms with Gasteiger partial charge in [-0.2, -0.15) is 5.26 Å². The molecule has 0 saturated heterocycles. The lowest BCUT2D eigenvalue weighted by Gasteiger charge is -2.09. The molecule has 2 rings (SSSR count). The molecule has 1 N–H and O–H groups in total. The molecule has 0 fully saturated rings. The molecule has 0 aliphatic carbocycles. The predicted molar refractivity (Wildman–Crippen MR) is 84.6 cm³/mol. The third-order valence-electron chi connectivity index (χ3n) is 2.93. The van der Waals surface area contributed by atoms with E-state index in [4.69, 9.17) is 15.1 Å². The highest BCUT2D eigenvalue weighted by atomic mass is 32.2. The quantitative estimate of drug-likeness (QED) is 0.845. The van der Waals surface area contributed by atoms with E-state index >= 15 is 0 Å². The van der Waals surface area contributed by atoms with Gasteiger partial charge in [0, 0.05) is 9.79 Å². The van der Waals surface area contributed by atoms with E-state index in [1.165, 1.54) is 30.0 Å². The minimum Gasteiger partial charge on any atom is -0.478 e. The molecule has 2 aromatic carbocycles. The van der Waals surface area contributed by atoms with Gasteiger partial charge in [-0.05, 0) is 49.4 Å². The molecule has 6 heteroatoms. The van der Waals surface area contributed by atoms with Crippen LogP contribution in [0.3, 0.4) is 0 Å². The average Bonchev–Trinajstić information content (AvgIpc) is 2.56. The lowest BCUT2D eigenvalue weighted by Crippen LogP contribution is -2.06. The Balaban J connectivity index is 2.33. The summed E-state index contributed by atoms with van der Waals surface area (Å²) in [4.78, 5) is 24.3. The lowest BCUT2D eigenvalue weighted by atomic mass is 10.1. The van der Waals surface area contributed by atoms with Crippen molar-refractivity contribution < 1.29 is 19.4 Å². The van der Waals surface area contributed by atoms with Crippen molar-refractivity contribution in [2.24, 2.45) is 0 Å². The second kappa shape index (κ2) is 7.47. The zero-order valence-electron chi connectivity index (χ0n) is 12.3. The molecule has 0 unspecified atom stereocenters. The van der Waals surface area contributed by atoms with Gasteiger partial charge in [0.1, 0.15) is 0 Å². The van der Waals surface area contributed by atoms with Crippen LogP contribution in [0.1, 0.15) is 33.2 Å². The number of nitriles is 1. The first-order valence-electron chi connectivity index (χ1n) is 6.77. The molecule has 5 nitrogen and oxygen atoms in total. The van der Waals surface area contributed by atoms with E-state index < -0.39 is 11.9 Å². The molecule has 23 heavy (non-hydrogen) atoms. The Labute approximate surface area is 137 Å². The third-order valence-corrected chi connectivity index (χ3v) is 4.02. The van der Waals surface area contributed by atoms with Gasteiger partial charge in [-0.15, -0.1) is 0 Å². The Bertz CT molecular complexity index is 778. The van der Waals surface area contributed by atoms with Crippen LogP contribution in [0.2, 0.25) is 0 Å². The summed E-state index contributed by atoms with van der Waals surface area (Å²) in [5, 5.41) is 17.9. The van der Waals surface area contributed by atoms with Crippen molar-refractivity contribution in [3.63, 3.8) is 0 Å². The molecule has 0 amide bonds. The summed E-state index contributed by atoms with van der Waals surface area (Å²) >= 11 is 1.30. The highest BCUT2D eigenvalue weighted by molar-refractivity contribution is 7.99. The van der Waals surface area contributed by atoms with Crippen LogP contribution in [0.15, 0.2) is 52.3 Å².